The van der Waals surface area contributed by atoms with Gasteiger partial charge in [0.2, 0.25) is 11.8 Å². The summed E-state index contributed by atoms with van der Waals surface area (Å²) in [6.45, 7) is 6.69. The Hall–Kier alpha value is -3.23. The van der Waals surface area contributed by atoms with Crippen LogP contribution in [-0.2, 0) is 22.7 Å². The smallest absolute Gasteiger partial charge is 0.255 e. The Kier molecular flexibility index (Phi) is 9.84. The minimum atomic E-state index is -0.589. The molecule has 8 nitrogen and oxygen atoms in total. The Balaban J connectivity index is 0.908. The van der Waals surface area contributed by atoms with E-state index in [1.54, 1.807) is 11.0 Å². The number of rotatable bonds is 13. The number of nitrogens with one attached hydrogen (secondary N) is 2. The van der Waals surface area contributed by atoms with Crippen molar-refractivity contribution in [2.75, 3.05) is 32.8 Å². The summed E-state index contributed by atoms with van der Waals surface area (Å²) in [5.74, 6) is 0.734. The van der Waals surface area contributed by atoms with E-state index in [9.17, 15) is 14.4 Å². The third-order valence-corrected chi connectivity index (χ3v) is 8.40. The second kappa shape index (κ2) is 13.9. The van der Waals surface area contributed by atoms with Crippen LogP contribution >= 0.6 is 0 Å². The molecule has 3 amide bonds. The summed E-state index contributed by atoms with van der Waals surface area (Å²) < 4.78 is 5.96. The van der Waals surface area contributed by atoms with Crippen LogP contribution in [0.25, 0.3) is 0 Å². The molecule has 8 heteroatoms. The first-order valence-electron chi connectivity index (χ1n) is 14.9. The van der Waals surface area contributed by atoms with Gasteiger partial charge in [-0.1, -0.05) is 43.2 Å². The van der Waals surface area contributed by atoms with Gasteiger partial charge in [-0.25, -0.2) is 0 Å². The molecule has 2 N–H and O–H groups in total. The van der Waals surface area contributed by atoms with Crippen LogP contribution in [-0.4, -0.2) is 66.3 Å². The Bertz CT molecular complexity index is 1160. The summed E-state index contributed by atoms with van der Waals surface area (Å²) in [6, 6.07) is 15.7. The van der Waals surface area contributed by atoms with Crippen LogP contribution in [0, 0.1) is 5.92 Å². The SMILES string of the molecule is O=C1CCC(N2Cc3cc(OCCCCCCNCC4CCN(Cc5ccccc5)CC4)ccc3C2=O)C(=O)N1. The van der Waals surface area contributed by atoms with Gasteiger partial charge in [0.15, 0.2) is 0 Å². The molecule has 214 valence electrons. The molecule has 3 aliphatic rings. The number of ether oxygens (including phenoxy) is 1. The lowest BCUT2D eigenvalue weighted by Crippen LogP contribution is -2.52. The summed E-state index contributed by atoms with van der Waals surface area (Å²) in [7, 11) is 0. The number of hydrogen-bond donors (Lipinski definition) is 2. The molecule has 2 fully saturated rings. The van der Waals surface area contributed by atoms with E-state index in [0.717, 1.165) is 49.7 Å². The van der Waals surface area contributed by atoms with Crippen LogP contribution in [0.3, 0.4) is 0 Å². The van der Waals surface area contributed by atoms with E-state index in [2.05, 4.69) is 45.9 Å². The zero-order chi connectivity index (χ0) is 27.7. The number of nitrogens with zero attached hydrogens (tertiary/aromatic N) is 2. The standard InChI is InChI=1S/C32H42N4O4/c37-30-13-12-29(31(38)34-30)36-23-26-20-27(10-11-28(26)32(36)39)40-19-7-2-1-6-16-33-21-24-14-17-35(18-15-24)22-25-8-4-3-5-9-25/h3-5,8-11,20,24,29,33H,1-2,6-7,12-19,21-23H2,(H,34,37,38). The molecule has 1 unspecified atom stereocenters. The summed E-state index contributed by atoms with van der Waals surface area (Å²) >= 11 is 0. The predicted octanol–water partition coefficient (Wildman–Crippen LogP) is 3.89. The van der Waals surface area contributed by atoms with Crippen molar-refractivity contribution in [1.29, 1.82) is 0 Å². The van der Waals surface area contributed by atoms with E-state index < -0.39 is 6.04 Å². The summed E-state index contributed by atoms with van der Waals surface area (Å²) in [4.78, 5) is 40.6. The molecule has 40 heavy (non-hydrogen) atoms. The van der Waals surface area contributed by atoms with Crippen molar-refractivity contribution in [2.45, 2.75) is 70.5 Å². The number of piperidine rings is 2. The third kappa shape index (κ3) is 7.49. The number of benzene rings is 2. The molecule has 0 aromatic heterocycles. The summed E-state index contributed by atoms with van der Waals surface area (Å²) in [5, 5.41) is 6.01. The fourth-order valence-electron chi connectivity index (χ4n) is 6.03. The lowest BCUT2D eigenvalue weighted by atomic mass is 9.96. The van der Waals surface area contributed by atoms with Gasteiger partial charge >= 0.3 is 0 Å². The van der Waals surface area contributed by atoms with Crippen LogP contribution in [0.15, 0.2) is 48.5 Å². The molecule has 0 bridgehead atoms. The van der Waals surface area contributed by atoms with E-state index in [1.807, 2.05) is 12.1 Å². The minimum Gasteiger partial charge on any atom is -0.494 e. The highest BCUT2D eigenvalue weighted by atomic mass is 16.5. The van der Waals surface area contributed by atoms with Crippen LogP contribution in [0.1, 0.15) is 72.9 Å². The monoisotopic (exact) mass is 546 g/mol. The van der Waals surface area contributed by atoms with Crippen molar-refractivity contribution in [1.82, 2.24) is 20.4 Å². The Morgan fingerprint density at radius 3 is 2.52 bits per heavy atom. The average Bonchev–Trinajstić information content (AvgIpc) is 3.28. The quantitative estimate of drug-likeness (QED) is 0.293. The number of amides is 3. The molecule has 0 radical (unpaired) electrons. The Morgan fingerprint density at radius 2 is 1.73 bits per heavy atom. The van der Waals surface area contributed by atoms with Crippen LogP contribution < -0.4 is 15.4 Å². The van der Waals surface area contributed by atoms with E-state index in [-0.39, 0.29) is 24.1 Å². The van der Waals surface area contributed by atoms with Gasteiger partial charge in [-0.05, 0) is 93.5 Å². The topological polar surface area (TPSA) is 91.0 Å². The number of unbranched alkanes of at least 4 members (excludes halogenated alkanes) is 3. The van der Waals surface area contributed by atoms with Crippen molar-refractivity contribution >= 4 is 17.7 Å². The summed E-state index contributed by atoms with van der Waals surface area (Å²) in [5.41, 5.74) is 2.90. The molecule has 2 saturated heterocycles. The molecule has 5 rings (SSSR count). The molecule has 0 aliphatic carbocycles. The summed E-state index contributed by atoms with van der Waals surface area (Å²) in [6.07, 6.45) is 7.69. The lowest BCUT2D eigenvalue weighted by Gasteiger charge is -2.32. The van der Waals surface area contributed by atoms with Gasteiger partial charge in [-0.3, -0.25) is 24.6 Å². The fraction of sp³-hybridized carbons (Fsp3) is 0.531. The van der Waals surface area contributed by atoms with Gasteiger partial charge in [-0.2, -0.15) is 0 Å². The molecule has 3 aliphatic heterocycles. The van der Waals surface area contributed by atoms with Crippen LogP contribution in [0.2, 0.25) is 0 Å². The number of likely N-dealkylation sites (tertiary alicyclic amines) is 1. The van der Waals surface area contributed by atoms with Crippen LogP contribution in [0.4, 0.5) is 0 Å². The van der Waals surface area contributed by atoms with Crippen molar-refractivity contribution in [3.8, 4) is 5.75 Å². The minimum absolute atomic E-state index is 0.154. The molecule has 2 aromatic carbocycles. The maximum Gasteiger partial charge on any atom is 0.255 e. The Morgan fingerprint density at radius 1 is 0.925 bits per heavy atom. The molecule has 0 saturated carbocycles. The van der Waals surface area contributed by atoms with Gasteiger partial charge in [0.1, 0.15) is 11.8 Å². The number of carbonyl (C=O) groups is 3. The first-order chi connectivity index (χ1) is 19.6. The van der Waals surface area contributed by atoms with Crippen molar-refractivity contribution in [2.24, 2.45) is 5.92 Å². The highest BCUT2D eigenvalue weighted by Gasteiger charge is 2.39. The Labute approximate surface area is 237 Å². The van der Waals surface area contributed by atoms with Gasteiger partial charge in [0.25, 0.3) is 5.91 Å². The van der Waals surface area contributed by atoms with Crippen molar-refractivity contribution in [3.05, 3.63) is 65.2 Å². The average molecular weight is 547 g/mol. The van der Waals surface area contributed by atoms with E-state index in [4.69, 9.17) is 4.74 Å². The maximum atomic E-state index is 12.8. The second-order valence-corrected chi connectivity index (χ2v) is 11.4. The highest BCUT2D eigenvalue weighted by Crippen LogP contribution is 2.30. The second-order valence-electron chi connectivity index (χ2n) is 11.4. The number of imide groups is 1. The number of fused-ring (bicyclic) bond motifs is 1. The largest absolute Gasteiger partial charge is 0.494 e. The molecular formula is C32H42N4O4. The first kappa shape index (κ1) is 28.3. The van der Waals surface area contributed by atoms with Crippen LogP contribution in [0.5, 0.6) is 5.75 Å². The van der Waals surface area contributed by atoms with E-state index >= 15 is 0 Å². The fourth-order valence-corrected chi connectivity index (χ4v) is 6.03. The van der Waals surface area contributed by atoms with Gasteiger partial charge in [0.05, 0.1) is 6.61 Å². The normalized spacial score (nSPS) is 20.1. The van der Waals surface area contributed by atoms with Gasteiger partial charge in [-0.15, -0.1) is 0 Å². The van der Waals surface area contributed by atoms with Gasteiger partial charge < -0.3 is 15.0 Å². The predicted molar refractivity (Wildman–Crippen MR) is 154 cm³/mol. The molecule has 2 aromatic rings. The molecule has 0 spiro atoms. The van der Waals surface area contributed by atoms with E-state index in [1.165, 1.54) is 44.3 Å². The zero-order valence-corrected chi connectivity index (χ0v) is 23.4. The van der Waals surface area contributed by atoms with Crippen molar-refractivity contribution < 1.29 is 19.1 Å². The zero-order valence-electron chi connectivity index (χ0n) is 23.4. The number of hydrogen-bond acceptors (Lipinski definition) is 6. The number of carbonyl (C=O) groups excluding carboxylic acids is 3. The maximum absolute atomic E-state index is 12.8. The molecular weight excluding hydrogens is 504 g/mol. The molecule has 1 atom stereocenters. The van der Waals surface area contributed by atoms with Crippen molar-refractivity contribution in [3.63, 3.8) is 0 Å². The third-order valence-electron chi connectivity index (χ3n) is 8.40. The molecule has 3 heterocycles. The van der Waals surface area contributed by atoms with Gasteiger partial charge in [0, 0.05) is 25.1 Å². The lowest BCUT2D eigenvalue weighted by molar-refractivity contribution is -0.136. The first-order valence-corrected chi connectivity index (χ1v) is 14.9. The highest BCUT2D eigenvalue weighted by molar-refractivity contribution is 6.05. The van der Waals surface area contributed by atoms with E-state index in [0.29, 0.717) is 25.1 Å².